The second kappa shape index (κ2) is 10.2. The van der Waals surface area contributed by atoms with Gasteiger partial charge in [-0.25, -0.2) is 4.79 Å². The number of nitrogens with zero attached hydrogens (tertiary/aromatic N) is 4. The van der Waals surface area contributed by atoms with Crippen LogP contribution < -0.4 is 5.73 Å². The maximum absolute atomic E-state index is 13.8. The number of likely N-dealkylation sites (tertiary alicyclic amines) is 1. The predicted molar refractivity (Wildman–Crippen MR) is 144 cm³/mol. The molecule has 4 amide bonds. The van der Waals surface area contributed by atoms with Crippen LogP contribution in [-0.4, -0.2) is 101 Å². The lowest BCUT2D eigenvalue weighted by Crippen LogP contribution is -2.59. The highest BCUT2D eigenvalue weighted by Gasteiger charge is 2.56. The van der Waals surface area contributed by atoms with Crippen LogP contribution in [0.25, 0.3) is 0 Å². The molecular formula is C29H43N5O4. The highest BCUT2D eigenvalue weighted by atomic mass is 16.3. The normalized spacial score (nSPS) is 29.7. The van der Waals surface area contributed by atoms with Gasteiger partial charge in [-0.05, 0) is 77.4 Å². The fourth-order valence-electron chi connectivity index (χ4n) is 7.25. The van der Waals surface area contributed by atoms with Crippen LogP contribution in [-0.2, 0) is 15.1 Å². The summed E-state index contributed by atoms with van der Waals surface area (Å²) in [5.74, 6) is -0.568. The smallest absolute Gasteiger partial charge is 0.321 e. The zero-order valence-electron chi connectivity index (χ0n) is 22.9. The van der Waals surface area contributed by atoms with Crippen molar-refractivity contribution in [1.29, 1.82) is 0 Å². The minimum Gasteiger partial charge on any atom is -0.388 e. The third-order valence-corrected chi connectivity index (χ3v) is 10.0. The molecule has 0 unspecified atom stereocenters. The fourth-order valence-corrected chi connectivity index (χ4v) is 7.25. The summed E-state index contributed by atoms with van der Waals surface area (Å²) in [7, 11) is 4.26. The maximum Gasteiger partial charge on any atom is 0.321 e. The average molecular weight is 526 g/mol. The lowest BCUT2D eigenvalue weighted by molar-refractivity contribution is -0.135. The second-order valence-electron chi connectivity index (χ2n) is 12.4. The summed E-state index contributed by atoms with van der Waals surface area (Å²) in [5, 5.41) is 11.1. The lowest BCUT2D eigenvalue weighted by atomic mass is 9.67. The molecule has 1 aromatic carbocycles. The van der Waals surface area contributed by atoms with Gasteiger partial charge >= 0.3 is 6.03 Å². The molecule has 0 atom stereocenters. The molecule has 0 aromatic heterocycles. The van der Waals surface area contributed by atoms with Crippen LogP contribution in [0.15, 0.2) is 30.3 Å². The molecule has 1 spiro atoms. The number of amides is 4. The first kappa shape index (κ1) is 26.9. The van der Waals surface area contributed by atoms with Gasteiger partial charge in [-0.1, -0.05) is 30.3 Å². The molecule has 2 aliphatic carbocycles. The molecule has 1 aromatic rings. The number of primary amides is 1. The number of rotatable bonds is 7. The van der Waals surface area contributed by atoms with Crippen LogP contribution >= 0.6 is 0 Å². The Kier molecular flexibility index (Phi) is 7.20. The number of hydrogen-bond acceptors (Lipinski definition) is 5. The summed E-state index contributed by atoms with van der Waals surface area (Å²) in [4.78, 5) is 46.3. The van der Waals surface area contributed by atoms with Gasteiger partial charge in [-0.15, -0.1) is 0 Å². The van der Waals surface area contributed by atoms with Crippen LogP contribution in [0, 0.1) is 5.92 Å². The SMILES string of the molecule is CN(C)[C@]1(c2ccccc2)CC[C@@]2(CC1)CN(CC(=O)N1CCC(C(N)=O)CC1)C(=O)N2CC1(O)CCC1. The molecule has 2 aliphatic heterocycles. The van der Waals surface area contributed by atoms with Gasteiger partial charge in [0.15, 0.2) is 0 Å². The van der Waals surface area contributed by atoms with Gasteiger partial charge in [0, 0.05) is 31.1 Å². The lowest BCUT2D eigenvalue weighted by Gasteiger charge is -2.52. The van der Waals surface area contributed by atoms with Crippen LogP contribution in [0.2, 0.25) is 0 Å². The highest BCUT2D eigenvalue weighted by molar-refractivity contribution is 5.86. The summed E-state index contributed by atoms with van der Waals surface area (Å²) in [6.45, 7) is 1.86. The van der Waals surface area contributed by atoms with Crippen LogP contribution in [0.3, 0.4) is 0 Å². The minimum atomic E-state index is -0.825. The zero-order chi connectivity index (χ0) is 27.1. The van der Waals surface area contributed by atoms with E-state index in [1.165, 1.54) is 5.56 Å². The van der Waals surface area contributed by atoms with Crippen molar-refractivity contribution in [1.82, 2.24) is 19.6 Å². The highest BCUT2D eigenvalue weighted by Crippen LogP contribution is 2.50. The van der Waals surface area contributed by atoms with E-state index in [4.69, 9.17) is 5.73 Å². The van der Waals surface area contributed by atoms with Crippen LogP contribution in [0.1, 0.15) is 63.4 Å². The summed E-state index contributed by atoms with van der Waals surface area (Å²) in [6, 6.07) is 10.5. The molecule has 4 aliphatic rings. The fraction of sp³-hybridized carbons (Fsp3) is 0.690. The van der Waals surface area contributed by atoms with Crippen molar-refractivity contribution < 1.29 is 19.5 Å². The van der Waals surface area contributed by atoms with Gasteiger partial charge in [0.1, 0.15) is 6.54 Å². The number of urea groups is 1. The molecule has 2 heterocycles. The number of carbonyl (C=O) groups is 3. The number of carbonyl (C=O) groups excluding carboxylic acids is 3. The van der Waals surface area contributed by atoms with Gasteiger partial charge < -0.3 is 25.5 Å². The van der Waals surface area contributed by atoms with E-state index in [9.17, 15) is 19.5 Å². The third-order valence-electron chi connectivity index (χ3n) is 10.0. The zero-order valence-corrected chi connectivity index (χ0v) is 22.9. The molecule has 208 valence electrons. The maximum atomic E-state index is 13.8. The van der Waals surface area contributed by atoms with Crippen molar-refractivity contribution in [2.45, 2.75) is 74.5 Å². The Bertz CT molecular complexity index is 1040. The number of nitrogens with two attached hydrogens (primary N) is 1. The molecular weight excluding hydrogens is 482 g/mol. The van der Waals surface area contributed by atoms with Gasteiger partial charge in [0.05, 0.1) is 17.7 Å². The van der Waals surface area contributed by atoms with Crippen molar-refractivity contribution in [3.63, 3.8) is 0 Å². The predicted octanol–water partition coefficient (Wildman–Crippen LogP) is 2.13. The number of β-amino-alcohol motifs (C(OH)–C–C–N with tert-alkyl or cyclic N) is 1. The third kappa shape index (κ3) is 4.79. The average Bonchev–Trinajstić information content (AvgIpc) is 3.14. The van der Waals surface area contributed by atoms with Gasteiger partial charge in [0.2, 0.25) is 11.8 Å². The van der Waals surface area contributed by atoms with Crippen molar-refractivity contribution >= 4 is 17.8 Å². The van der Waals surface area contributed by atoms with E-state index < -0.39 is 11.1 Å². The van der Waals surface area contributed by atoms with Gasteiger partial charge in [-0.3, -0.25) is 14.5 Å². The Hall–Kier alpha value is -2.65. The van der Waals surface area contributed by atoms with Crippen molar-refractivity contribution in [3.8, 4) is 0 Å². The largest absolute Gasteiger partial charge is 0.388 e. The molecule has 3 N–H and O–H groups in total. The first-order valence-corrected chi connectivity index (χ1v) is 14.2. The Morgan fingerprint density at radius 3 is 2.18 bits per heavy atom. The number of aliphatic hydroxyl groups is 1. The Balaban J connectivity index is 1.33. The van der Waals surface area contributed by atoms with E-state index in [0.29, 0.717) is 51.9 Å². The second-order valence-corrected chi connectivity index (χ2v) is 12.4. The first-order chi connectivity index (χ1) is 18.1. The molecule has 9 heteroatoms. The van der Waals surface area contributed by atoms with Crippen LogP contribution in [0.5, 0.6) is 0 Å². The molecule has 0 bridgehead atoms. The number of piperidine rings is 1. The molecule has 38 heavy (non-hydrogen) atoms. The summed E-state index contributed by atoms with van der Waals surface area (Å²) >= 11 is 0. The van der Waals surface area contributed by atoms with E-state index >= 15 is 0 Å². The summed E-state index contributed by atoms with van der Waals surface area (Å²) in [5.41, 5.74) is 5.42. The quantitative estimate of drug-likeness (QED) is 0.567. The Labute approximate surface area is 225 Å². The Morgan fingerprint density at radius 1 is 1.03 bits per heavy atom. The van der Waals surface area contributed by atoms with E-state index in [-0.39, 0.29) is 35.8 Å². The summed E-state index contributed by atoms with van der Waals surface area (Å²) in [6.07, 6.45) is 6.98. The van der Waals surface area contributed by atoms with Crippen molar-refractivity contribution in [3.05, 3.63) is 35.9 Å². The molecule has 9 nitrogen and oxygen atoms in total. The Morgan fingerprint density at radius 2 is 1.66 bits per heavy atom. The van der Waals surface area contributed by atoms with E-state index in [1.807, 2.05) is 11.0 Å². The van der Waals surface area contributed by atoms with Gasteiger partial charge in [0.25, 0.3) is 0 Å². The topological polar surface area (TPSA) is 110 Å². The summed E-state index contributed by atoms with van der Waals surface area (Å²) < 4.78 is 0. The van der Waals surface area contributed by atoms with Crippen molar-refractivity contribution in [2.75, 3.05) is 46.8 Å². The molecule has 4 fully saturated rings. The van der Waals surface area contributed by atoms with Gasteiger partial charge in [-0.2, -0.15) is 0 Å². The number of hydrogen-bond donors (Lipinski definition) is 2. The minimum absolute atomic E-state index is 0.0360. The van der Waals surface area contributed by atoms with E-state index in [0.717, 1.165) is 32.1 Å². The van der Waals surface area contributed by atoms with Crippen LogP contribution in [0.4, 0.5) is 4.79 Å². The molecule has 2 saturated carbocycles. The van der Waals surface area contributed by atoms with E-state index in [2.05, 4.69) is 43.3 Å². The monoisotopic (exact) mass is 525 g/mol. The first-order valence-electron chi connectivity index (χ1n) is 14.2. The number of benzene rings is 1. The molecule has 2 saturated heterocycles. The van der Waals surface area contributed by atoms with Crippen molar-refractivity contribution in [2.24, 2.45) is 11.7 Å². The molecule has 0 radical (unpaired) electrons. The van der Waals surface area contributed by atoms with E-state index in [1.54, 1.807) is 9.80 Å². The molecule has 5 rings (SSSR count). The standard InChI is InChI=1S/C29H43N5O4/c1-31(2)29(23-7-4-3-5-8-23)15-13-27(14-16-29)20-33(26(37)34(27)21-28(38)11-6-12-28)19-24(35)32-17-9-22(10-18-32)25(30)36/h3-5,7-8,22,38H,6,9-21H2,1-2H3,(H2,30,36)/t27-,29-.